The largest absolute Gasteiger partial charge is 0.497 e. The van der Waals surface area contributed by atoms with Crippen LogP contribution < -0.4 is 4.74 Å². The fourth-order valence-corrected chi connectivity index (χ4v) is 3.50. The van der Waals surface area contributed by atoms with Gasteiger partial charge in [-0.25, -0.2) is 4.39 Å². The Kier molecular flexibility index (Phi) is 4.77. The first-order valence-corrected chi connectivity index (χ1v) is 8.37. The van der Waals surface area contributed by atoms with E-state index in [4.69, 9.17) is 4.74 Å². The topological polar surface area (TPSA) is 49.8 Å². The minimum absolute atomic E-state index is 0.0416. The highest BCUT2D eigenvalue weighted by molar-refractivity contribution is 5.95. The van der Waals surface area contributed by atoms with Gasteiger partial charge in [-0.15, -0.1) is 0 Å². The Morgan fingerprint density at radius 2 is 1.92 bits per heavy atom. The van der Waals surface area contributed by atoms with Crippen LogP contribution in [0.25, 0.3) is 0 Å². The fourth-order valence-electron chi connectivity index (χ4n) is 3.50. The number of hydrogen-bond acceptors (Lipinski definition) is 3. The summed E-state index contributed by atoms with van der Waals surface area (Å²) in [5, 5.41) is 11.2. The Balaban J connectivity index is 1.89. The molecule has 2 aromatic carbocycles. The second-order valence-electron chi connectivity index (χ2n) is 6.51. The van der Waals surface area contributed by atoms with Crippen molar-refractivity contribution in [2.75, 3.05) is 13.7 Å². The zero-order valence-corrected chi connectivity index (χ0v) is 14.4. The maximum absolute atomic E-state index is 14.0. The first-order valence-electron chi connectivity index (χ1n) is 8.37. The molecule has 1 aliphatic heterocycles. The van der Waals surface area contributed by atoms with Gasteiger partial charge in [-0.2, -0.15) is 0 Å². The molecule has 5 heteroatoms. The number of ether oxygens (including phenoxy) is 1. The SMILES string of the molecule is COc1ccc([C@](C)(O)[C@H]2CCCN2C(=O)c2ccccc2F)cc1. The van der Waals surface area contributed by atoms with E-state index < -0.39 is 17.5 Å². The number of amides is 1. The van der Waals surface area contributed by atoms with Gasteiger partial charge in [0.1, 0.15) is 17.2 Å². The van der Waals surface area contributed by atoms with E-state index in [-0.39, 0.29) is 11.5 Å². The fraction of sp³-hybridized carbons (Fsp3) is 0.350. The first-order chi connectivity index (χ1) is 11.9. The molecule has 1 heterocycles. The minimum atomic E-state index is -1.23. The number of carbonyl (C=O) groups excluding carboxylic acids is 1. The maximum atomic E-state index is 14.0. The second-order valence-corrected chi connectivity index (χ2v) is 6.51. The van der Waals surface area contributed by atoms with Crippen molar-refractivity contribution in [2.45, 2.75) is 31.4 Å². The van der Waals surface area contributed by atoms with E-state index in [1.807, 2.05) is 0 Å². The number of halogens is 1. The zero-order valence-electron chi connectivity index (χ0n) is 14.4. The summed E-state index contributed by atoms with van der Waals surface area (Å²) in [5.74, 6) is -0.220. The van der Waals surface area contributed by atoms with E-state index in [0.717, 1.165) is 6.42 Å². The third-order valence-corrected chi connectivity index (χ3v) is 4.94. The molecule has 3 rings (SSSR count). The third-order valence-electron chi connectivity index (χ3n) is 4.94. The van der Waals surface area contributed by atoms with Gasteiger partial charge in [0.05, 0.1) is 18.7 Å². The molecule has 1 aliphatic rings. The second kappa shape index (κ2) is 6.84. The van der Waals surface area contributed by atoms with E-state index in [2.05, 4.69) is 0 Å². The van der Waals surface area contributed by atoms with E-state index in [0.29, 0.717) is 24.3 Å². The minimum Gasteiger partial charge on any atom is -0.497 e. The summed E-state index contributed by atoms with van der Waals surface area (Å²) < 4.78 is 19.1. The van der Waals surface area contributed by atoms with Crippen molar-refractivity contribution in [1.29, 1.82) is 0 Å². The van der Waals surface area contributed by atoms with Crippen LogP contribution in [0.2, 0.25) is 0 Å². The lowest BCUT2D eigenvalue weighted by molar-refractivity contribution is -0.0178. The molecule has 1 saturated heterocycles. The molecule has 0 unspecified atom stereocenters. The number of rotatable bonds is 4. The lowest BCUT2D eigenvalue weighted by Gasteiger charge is -2.37. The van der Waals surface area contributed by atoms with Crippen LogP contribution in [0.4, 0.5) is 4.39 Å². The average molecular weight is 343 g/mol. The van der Waals surface area contributed by atoms with Crippen LogP contribution >= 0.6 is 0 Å². The number of nitrogens with zero attached hydrogens (tertiary/aromatic N) is 1. The summed E-state index contributed by atoms with van der Waals surface area (Å²) in [6.07, 6.45) is 1.44. The third kappa shape index (κ3) is 3.24. The Morgan fingerprint density at radius 1 is 1.24 bits per heavy atom. The van der Waals surface area contributed by atoms with Crippen molar-refractivity contribution >= 4 is 5.91 Å². The molecule has 0 aliphatic carbocycles. The highest BCUT2D eigenvalue weighted by Crippen LogP contribution is 2.36. The van der Waals surface area contributed by atoms with E-state index in [9.17, 15) is 14.3 Å². The van der Waals surface area contributed by atoms with E-state index in [1.54, 1.807) is 55.3 Å². The smallest absolute Gasteiger partial charge is 0.257 e. The molecule has 4 nitrogen and oxygen atoms in total. The normalized spacial score (nSPS) is 19.5. The highest BCUT2D eigenvalue weighted by atomic mass is 19.1. The van der Waals surface area contributed by atoms with Gasteiger partial charge in [0.2, 0.25) is 0 Å². The molecular formula is C20H22FNO3. The van der Waals surface area contributed by atoms with Gasteiger partial charge in [0, 0.05) is 6.54 Å². The van der Waals surface area contributed by atoms with E-state index in [1.165, 1.54) is 12.1 Å². The van der Waals surface area contributed by atoms with E-state index >= 15 is 0 Å². The number of aliphatic hydroxyl groups is 1. The van der Waals surface area contributed by atoms with Crippen molar-refractivity contribution in [1.82, 2.24) is 4.90 Å². The summed E-state index contributed by atoms with van der Waals surface area (Å²) in [7, 11) is 1.58. The summed E-state index contributed by atoms with van der Waals surface area (Å²) in [5.41, 5.74) is -0.490. The van der Waals surface area contributed by atoms with Crippen LogP contribution in [0.15, 0.2) is 48.5 Å². The van der Waals surface area contributed by atoms with Crippen LogP contribution in [-0.2, 0) is 5.60 Å². The maximum Gasteiger partial charge on any atom is 0.257 e. The molecular weight excluding hydrogens is 321 g/mol. The predicted molar refractivity (Wildman–Crippen MR) is 93.0 cm³/mol. The van der Waals surface area contributed by atoms with Crippen molar-refractivity contribution in [3.05, 3.63) is 65.5 Å². The Hall–Kier alpha value is -2.40. The first kappa shape index (κ1) is 17.4. The van der Waals surface area contributed by atoms with Gasteiger partial charge in [0.15, 0.2) is 0 Å². The molecule has 1 fully saturated rings. The predicted octanol–water partition coefficient (Wildman–Crippen LogP) is 3.35. The summed E-state index contributed by atoms with van der Waals surface area (Å²) >= 11 is 0. The molecule has 1 amide bonds. The summed E-state index contributed by atoms with van der Waals surface area (Å²) in [6, 6.07) is 12.7. The number of methoxy groups -OCH3 is 1. The molecule has 0 aromatic heterocycles. The number of likely N-dealkylation sites (tertiary alicyclic amines) is 1. The standard InChI is InChI=1S/C20H22FNO3/c1-20(24,14-9-11-15(25-2)12-10-14)18-8-5-13-22(18)19(23)16-6-3-4-7-17(16)21/h3-4,6-7,9-12,18,24H,5,8,13H2,1-2H3/t18-,20+/m1/s1. The molecule has 0 spiro atoms. The van der Waals surface area contributed by atoms with Crippen molar-refractivity contribution in [2.24, 2.45) is 0 Å². The van der Waals surface area contributed by atoms with Gasteiger partial charge in [-0.3, -0.25) is 4.79 Å². The molecule has 25 heavy (non-hydrogen) atoms. The molecule has 0 radical (unpaired) electrons. The molecule has 1 N–H and O–H groups in total. The molecule has 0 bridgehead atoms. The van der Waals surface area contributed by atoms with Crippen molar-refractivity contribution < 1.29 is 19.0 Å². The molecule has 2 atom stereocenters. The van der Waals surface area contributed by atoms with Gasteiger partial charge >= 0.3 is 0 Å². The number of benzene rings is 2. The Morgan fingerprint density at radius 3 is 2.56 bits per heavy atom. The Labute approximate surface area is 146 Å². The highest BCUT2D eigenvalue weighted by Gasteiger charge is 2.43. The number of carbonyl (C=O) groups is 1. The van der Waals surface area contributed by atoms with Gasteiger partial charge in [0.25, 0.3) is 5.91 Å². The lowest BCUT2D eigenvalue weighted by Crippen LogP contribution is -2.48. The molecule has 2 aromatic rings. The van der Waals surface area contributed by atoms with Crippen LogP contribution in [-0.4, -0.2) is 35.6 Å². The van der Waals surface area contributed by atoms with Gasteiger partial charge < -0.3 is 14.7 Å². The Bertz CT molecular complexity index is 758. The van der Waals surface area contributed by atoms with Gasteiger partial charge in [-0.1, -0.05) is 24.3 Å². The number of hydrogen-bond donors (Lipinski definition) is 1. The van der Waals surface area contributed by atoms with Crippen LogP contribution in [0, 0.1) is 5.82 Å². The zero-order chi connectivity index (χ0) is 18.0. The molecule has 132 valence electrons. The summed E-state index contributed by atoms with van der Waals surface area (Å²) in [6.45, 7) is 2.20. The summed E-state index contributed by atoms with van der Waals surface area (Å²) in [4.78, 5) is 14.4. The molecule has 0 saturated carbocycles. The van der Waals surface area contributed by atoms with Crippen LogP contribution in [0.5, 0.6) is 5.75 Å². The van der Waals surface area contributed by atoms with Crippen molar-refractivity contribution in [3.63, 3.8) is 0 Å². The average Bonchev–Trinajstić information content (AvgIpc) is 3.12. The van der Waals surface area contributed by atoms with Crippen LogP contribution in [0.3, 0.4) is 0 Å². The quantitative estimate of drug-likeness (QED) is 0.926. The van der Waals surface area contributed by atoms with Crippen molar-refractivity contribution in [3.8, 4) is 5.75 Å². The van der Waals surface area contributed by atoms with Gasteiger partial charge in [-0.05, 0) is 49.6 Å². The lowest BCUT2D eigenvalue weighted by atomic mass is 9.86. The monoisotopic (exact) mass is 343 g/mol. The van der Waals surface area contributed by atoms with Crippen LogP contribution in [0.1, 0.15) is 35.7 Å².